The first-order chi connectivity index (χ1) is 10.5. The minimum Gasteiger partial charge on any atom is -0.433 e. The highest BCUT2D eigenvalue weighted by atomic mass is 35.5. The molecule has 122 valence electrons. The SMILES string of the molecule is O=C(CN1CCCC1CO)Nc1ccc(OC(F)F)c(Cl)c1. The summed E-state index contributed by atoms with van der Waals surface area (Å²) in [6.45, 7) is -2.00. The second-order valence-corrected chi connectivity index (χ2v) is 5.43. The Morgan fingerprint density at radius 1 is 1.55 bits per heavy atom. The standard InChI is InChI=1S/C14H17ClF2N2O3/c15-11-6-9(3-4-12(11)22-14(16)17)18-13(21)7-19-5-1-2-10(19)8-20/h3-4,6,10,14,20H,1-2,5,7-8H2,(H,18,21). The van der Waals surface area contributed by atoms with Gasteiger partial charge in [-0.3, -0.25) is 9.69 Å². The zero-order chi connectivity index (χ0) is 16.1. The molecule has 2 N–H and O–H groups in total. The second kappa shape index (κ2) is 7.71. The van der Waals surface area contributed by atoms with E-state index in [4.69, 9.17) is 11.6 Å². The summed E-state index contributed by atoms with van der Waals surface area (Å²) in [6, 6.07) is 4.08. The molecule has 8 heteroatoms. The van der Waals surface area contributed by atoms with Crippen molar-refractivity contribution in [3.8, 4) is 5.75 Å². The van der Waals surface area contributed by atoms with Crippen LogP contribution in [0.2, 0.25) is 5.02 Å². The lowest BCUT2D eigenvalue weighted by atomic mass is 10.2. The van der Waals surface area contributed by atoms with Gasteiger partial charge in [-0.25, -0.2) is 0 Å². The monoisotopic (exact) mass is 334 g/mol. The van der Waals surface area contributed by atoms with Gasteiger partial charge in [0.1, 0.15) is 5.75 Å². The number of likely N-dealkylation sites (tertiary alicyclic amines) is 1. The maximum absolute atomic E-state index is 12.1. The lowest BCUT2D eigenvalue weighted by Crippen LogP contribution is -2.38. The fourth-order valence-corrected chi connectivity index (χ4v) is 2.69. The summed E-state index contributed by atoms with van der Waals surface area (Å²) in [4.78, 5) is 13.9. The molecule has 0 bridgehead atoms. The van der Waals surface area contributed by atoms with Gasteiger partial charge in [0.25, 0.3) is 0 Å². The van der Waals surface area contributed by atoms with Crippen molar-refractivity contribution < 1.29 is 23.4 Å². The van der Waals surface area contributed by atoms with Gasteiger partial charge in [0, 0.05) is 11.7 Å². The number of halogens is 3. The van der Waals surface area contributed by atoms with Gasteiger partial charge in [-0.2, -0.15) is 8.78 Å². The molecule has 0 radical (unpaired) electrons. The van der Waals surface area contributed by atoms with Gasteiger partial charge in [0.05, 0.1) is 18.2 Å². The number of benzene rings is 1. The van der Waals surface area contributed by atoms with Crippen molar-refractivity contribution in [3.05, 3.63) is 23.2 Å². The largest absolute Gasteiger partial charge is 0.433 e. The molecule has 1 aromatic carbocycles. The number of aliphatic hydroxyl groups excluding tert-OH is 1. The van der Waals surface area contributed by atoms with Gasteiger partial charge in [-0.15, -0.1) is 0 Å². The minimum atomic E-state index is -2.96. The lowest BCUT2D eigenvalue weighted by Gasteiger charge is -2.21. The molecular formula is C14H17ClF2N2O3. The Kier molecular flexibility index (Phi) is 5.93. The number of nitrogens with zero attached hydrogens (tertiary/aromatic N) is 1. The smallest absolute Gasteiger partial charge is 0.387 e. The number of anilines is 1. The minimum absolute atomic E-state index is 0.00694. The molecule has 1 aliphatic heterocycles. The van der Waals surface area contributed by atoms with E-state index in [0.717, 1.165) is 19.4 Å². The van der Waals surface area contributed by atoms with Crippen LogP contribution in [0.5, 0.6) is 5.75 Å². The highest BCUT2D eigenvalue weighted by Gasteiger charge is 2.25. The second-order valence-electron chi connectivity index (χ2n) is 5.02. The lowest BCUT2D eigenvalue weighted by molar-refractivity contribution is -0.117. The quantitative estimate of drug-likeness (QED) is 0.838. The summed E-state index contributed by atoms with van der Waals surface area (Å²) in [7, 11) is 0. The summed E-state index contributed by atoms with van der Waals surface area (Å²) in [5, 5.41) is 11.9. The molecule has 0 spiro atoms. The van der Waals surface area contributed by atoms with Gasteiger partial charge in [0.2, 0.25) is 5.91 Å². The first kappa shape index (κ1) is 16.9. The van der Waals surface area contributed by atoms with Crippen LogP contribution in [0.25, 0.3) is 0 Å². The summed E-state index contributed by atoms with van der Waals surface area (Å²) in [5.74, 6) is -0.395. The maximum Gasteiger partial charge on any atom is 0.387 e. The summed E-state index contributed by atoms with van der Waals surface area (Å²) < 4.78 is 28.5. The first-order valence-electron chi connectivity index (χ1n) is 6.88. The molecule has 1 saturated heterocycles. The molecule has 5 nitrogen and oxygen atoms in total. The number of alkyl halides is 2. The highest BCUT2D eigenvalue weighted by Crippen LogP contribution is 2.29. The molecule has 1 unspecified atom stereocenters. The van der Waals surface area contributed by atoms with Crippen molar-refractivity contribution in [1.29, 1.82) is 0 Å². The van der Waals surface area contributed by atoms with E-state index in [0.29, 0.717) is 5.69 Å². The molecular weight excluding hydrogens is 318 g/mol. The van der Waals surface area contributed by atoms with E-state index in [9.17, 15) is 18.7 Å². The molecule has 1 heterocycles. The number of amides is 1. The molecule has 1 atom stereocenters. The van der Waals surface area contributed by atoms with E-state index in [-0.39, 0.29) is 35.9 Å². The molecule has 0 aliphatic carbocycles. The van der Waals surface area contributed by atoms with Crippen LogP contribution < -0.4 is 10.1 Å². The van der Waals surface area contributed by atoms with Gasteiger partial charge in [0.15, 0.2) is 0 Å². The average Bonchev–Trinajstić information content (AvgIpc) is 2.88. The summed E-state index contributed by atoms with van der Waals surface area (Å²) in [5.41, 5.74) is 0.399. The van der Waals surface area contributed by atoms with Crippen molar-refractivity contribution in [2.75, 3.05) is 25.0 Å². The van der Waals surface area contributed by atoms with Crippen molar-refractivity contribution in [2.24, 2.45) is 0 Å². The van der Waals surface area contributed by atoms with Crippen molar-refractivity contribution >= 4 is 23.2 Å². The third-order valence-electron chi connectivity index (χ3n) is 3.49. The van der Waals surface area contributed by atoms with Crippen LogP contribution in [0.1, 0.15) is 12.8 Å². The average molecular weight is 335 g/mol. The van der Waals surface area contributed by atoms with Crippen LogP contribution in [-0.4, -0.2) is 48.3 Å². The Morgan fingerprint density at radius 3 is 2.95 bits per heavy atom. The Morgan fingerprint density at radius 2 is 2.32 bits per heavy atom. The van der Waals surface area contributed by atoms with Crippen LogP contribution in [0.15, 0.2) is 18.2 Å². The van der Waals surface area contributed by atoms with E-state index in [1.807, 2.05) is 4.90 Å². The number of aliphatic hydroxyl groups is 1. The molecule has 22 heavy (non-hydrogen) atoms. The number of carbonyl (C=O) groups is 1. The van der Waals surface area contributed by atoms with Crippen LogP contribution in [0, 0.1) is 0 Å². The van der Waals surface area contributed by atoms with E-state index in [1.165, 1.54) is 18.2 Å². The molecule has 1 aliphatic rings. The summed E-state index contributed by atoms with van der Waals surface area (Å²) in [6.07, 6.45) is 1.82. The van der Waals surface area contributed by atoms with E-state index in [1.54, 1.807) is 0 Å². The van der Waals surface area contributed by atoms with Crippen LogP contribution in [0.4, 0.5) is 14.5 Å². The molecule has 1 fully saturated rings. The molecule has 1 amide bonds. The van der Waals surface area contributed by atoms with Crippen LogP contribution in [-0.2, 0) is 4.79 Å². The van der Waals surface area contributed by atoms with Crippen LogP contribution >= 0.6 is 11.6 Å². The number of carbonyl (C=O) groups excluding carboxylic acids is 1. The normalized spacial score (nSPS) is 18.7. The number of nitrogens with one attached hydrogen (secondary N) is 1. The van der Waals surface area contributed by atoms with E-state index in [2.05, 4.69) is 10.1 Å². The van der Waals surface area contributed by atoms with Gasteiger partial charge >= 0.3 is 6.61 Å². The van der Waals surface area contributed by atoms with Crippen LogP contribution in [0.3, 0.4) is 0 Å². The fraction of sp³-hybridized carbons (Fsp3) is 0.500. The number of rotatable bonds is 6. The molecule has 2 rings (SSSR count). The van der Waals surface area contributed by atoms with Gasteiger partial charge < -0.3 is 15.2 Å². The van der Waals surface area contributed by atoms with E-state index < -0.39 is 6.61 Å². The topological polar surface area (TPSA) is 61.8 Å². The van der Waals surface area contributed by atoms with Gasteiger partial charge in [-0.1, -0.05) is 11.6 Å². The predicted octanol–water partition coefficient (Wildman–Crippen LogP) is 2.34. The van der Waals surface area contributed by atoms with Crippen molar-refractivity contribution in [1.82, 2.24) is 4.90 Å². The zero-order valence-electron chi connectivity index (χ0n) is 11.8. The zero-order valence-corrected chi connectivity index (χ0v) is 12.5. The first-order valence-corrected chi connectivity index (χ1v) is 7.26. The van der Waals surface area contributed by atoms with Crippen molar-refractivity contribution in [2.45, 2.75) is 25.5 Å². The fourth-order valence-electron chi connectivity index (χ4n) is 2.47. The number of hydrogen-bond donors (Lipinski definition) is 2. The number of ether oxygens (including phenoxy) is 1. The Balaban J connectivity index is 1.92. The third-order valence-corrected chi connectivity index (χ3v) is 3.78. The maximum atomic E-state index is 12.1. The third kappa shape index (κ3) is 4.53. The number of hydrogen-bond acceptors (Lipinski definition) is 4. The van der Waals surface area contributed by atoms with Crippen molar-refractivity contribution in [3.63, 3.8) is 0 Å². The molecule has 0 aromatic heterocycles. The van der Waals surface area contributed by atoms with Gasteiger partial charge in [-0.05, 0) is 37.6 Å². The molecule has 0 saturated carbocycles. The Hall–Kier alpha value is -1.44. The van der Waals surface area contributed by atoms with E-state index >= 15 is 0 Å². The predicted molar refractivity (Wildman–Crippen MR) is 78.4 cm³/mol. The Labute approximate surface area is 131 Å². The summed E-state index contributed by atoms with van der Waals surface area (Å²) >= 11 is 5.82. The molecule has 1 aromatic rings. The highest BCUT2D eigenvalue weighted by molar-refractivity contribution is 6.32. The Bertz CT molecular complexity index is 531.